The number of hydrogen-bond acceptors (Lipinski definition) is 8. The summed E-state index contributed by atoms with van der Waals surface area (Å²) in [6.45, 7) is 0.0312. The van der Waals surface area contributed by atoms with Gasteiger partial charge in [0.25, 0.3) is 17.7 Å². The Balaban J connectivity index is 1.21. The molecule has 1 N–H and O–H groups in total. The van der Waals surface area contributed by atoms with E-state index in [1.807, 2.05) is 0 Å². The summed E-state index contributed by atoms with van der Waals surface area (Å²) in [5, 5.41) is 10.4. The SMILES string of the molecule is O=C(CCCN1C(=O)NC2(CCCC2)C1=O)OCc1nnc(-c2ccco2)o1. The van der Waals surface area contributed by atoms with E-state index >= 15 is 0 Å². The lowest BCUT2D eigenvalue weighted by molar-refractivity contribution is -0.146. The minimum absolute atomic E-state index is 0.0727. The third-order valence-corrected chi connectivity index (χ3v) is 5.02. The Bertz CT molecular complexity index is 869. The van der Waals surface area contributed by atoms with Gasteiger partial charge in [-0.2, -0.15) is 0 Å². The molecule has 0 unspecified atom stereocenters. The summed E-state index contributed by atoms with van der Waals surface area (Å²) >= 11 is 0. The lowest BCUT2D eigenvalue weighted by Crippen LogP contribution is -2.44. The van der Waals surface area contributed by atoms with Crippen LogP contribution in [0, 0.1) is 0 Å². The van der Waals surface area contributed by atoms with E-state index in [9.17, 15) is 14.4 Å². The number of furan rings is 1. The molecule has 1 saturated carbocycles. The van der Waals surface area contributed by atoms with Gasteiger partial charge in [0, 0.05) is 13.0 Å². The Morgan fingerprint density at radius 3 is 2.86 bits per heavy atom. The molecule has 2 aliphatic rings. The number of aromatic nitrogens is 2. The highest BCUT2D eigenvalue weighted by Gasteiger charge is 2.52. The molecular weight excluding hydrogens is 368 g/mol. The maximum atomic E-state index is 12.5. The number of urea groups is 1. The van der Waals surface area contributed by atoms with Crippen molar-refractivity contribution in [1.29, 1.82) is 0 Å². The van der Waals surface area contributed by atoms with Crippen LogP contribution in [-0.2, 0) is 20.9 Å². The standard InChI is InChI=1S/C18H20N4O6/c23-14(27-11-13-20-21-15(28-13)12-5-4-10-26-12)6-3-9-22-16(24)18(19-17(22)25)7-1-2-8-18/h4-5,10H,1-3,6-9,11H2,(H,19,25). The Morgan fingerprint density at radius 2 is 2.11 bits per heavy atom. The second-order valence-corrected chi connectivity index (χ2v) is 6.92. The van der Waals surface area contributed by atoms with E-state index in [0.29, 0.717) is 25.0 Å². The Hall–Kier alpha value is -3.17. The zero-order chi connectivity index (χ0) is 19.6. The van der Waals surface area contributed by atoms with E-state index in [4.69, 9.17) is 13.6 Å². The Kier molecular flexibility index (Phi) is 4.84. The van der Waals surface area contributed by atoms with Crippen molar-refractivity contribution in [3.8, 4) is 11.7 Å². The summed E-state index contributed by atoms with van der Waals surface area (Å²) in [5.74, 6) is 0.131. The molecule has 2 aromatic rings. The summed E-state index contributed by atoms with van der Waals surface area (Å²) in [4.78, 5) is 37.7. The molecule has 0 aromatic carbocycles. The van der Waals surface area contributed by atoms with Crippen LogP contribution in [-0.4, -0.2) is 45.1 Å². The molecule has 148 valence electrons. The predicted molar refractivity (Wildman–Crippen MR) is 92.5 cm³/mol. The Labute approximate surface area is 160 Å². The second-order valence-electron chi connectivity index (χ2n) is 6.92. The van der Waals surface area contributed by atoms with Gasteiger partial charge >= 0.3 is 12.0 Å². The molecule has 3 amide bonds. The smallest absolute Gasteiger partial charge is 0.325 e. The zero-order valence-electron chi connectivity index (χ0n) is 15.2. The first-order chi connectivity index (χ1) is 13.6. The molecule has 0 bridgehead atoms. The van der Waals surface area contributed by atoms with Gasteiger partial charge in [0.1, 0.15) is 5.54 Å². The van der Waals surface area contributed by atoms with Gasteiger partial charge in [-0.05, 0) is 31.4 Å². The van der Waals surface area contributed by atoms with E-state index in [0.717, 1.165) is 12.8 Å². The number of nitrogens with one attached hydrogen (secondary N) is 1. The molecule has 4 rings (SSSR count). The van der Waals surface area contributed by atoms with Crippen LogP contribution in [0.4, 0.5) is 4.79 Å². The molecule has 10 nitrogen and oxygen atoms in total. The molecule has 3 heterocycles. The first-order valence-electron chi connectivity index (χ1n) is 9.23. The normalized spacial score (nSPS) is 18.1. The summed E-state index contributed by atoms with van der Waals surface area (Å²) < 4.78 is 15.6. The topological polar surface area (TPSA) is 128 Å². The van der Waals surface area contributed by atoms with Crippen LogP contribution >= 0.6 is 0 Å². The molecule has 10 heteroatoms. The number of amides is 3. The zero-order valence-corrected chi connectivity index (χ0v) is 15.2. The quantitative estimate of drug-likeness (QED) is 0.563. The summed E-state index contributed by atoms with van der Waals surface area (Å²) in [5.41, 5.74) is -0.721. The van der Waals surface area contributed by atoms with E-state index < -0.39 is 11.5 Å². The average molecular weight is 388 g/mol. The van der Waals surface area contributed by atoms with Crippen LogP contribution in [0.15, 0.2) is 27.2 Å². The van der Waals surface area contributed by atoms with Gasteiger partial charge in [-0.15, -0.1) is 10.2 Å². The van der Waals surface area contributed by atoms with Crippen LogP contribution in [0.3, 0.4) is 0 Å². The second kappa shape index (κ2) is 7.45. The molecule has 2 fully saturated rings. The highest BCUT2D eigenvalue weighted by molar-refractivity contribution is 6.07. The molecule has 2 aromatic heterocycles. The van der Waals surface area contributed by atoms with Crippen molar-refractivity contribution in [3.63, 3.8) is 0 Å². The monoisotopic (exact) mass is 388 g/mol. The molecule has 1 saturated heterocycles. The number of esters is 1. The van der Waals surface area contributed by atoms with Gasteiger partial charge in [-0.3, -0.25) is 14.5 Å². The van der Waals surface area contributed by atoms with Crippen molar-refractivity contribution < 1.29 is 28.0 Å². The van der Waals surface area contributed by atoms with Crippen molar-refractivity contribution in [2.24, 2.45) is 0 Å². The van der Waals surface area contributed by atoms with E-state index in [-0.39, 0.29) is 43.3 Å². The first kappa shape index (κ1) is 18.2. The number of ether oxygens (including phenoxy) is 1. The number of nitrogens with zero attached hydrogens (tertiary/aromatic N) is 3. The fourth-order valence-corrected chi connectivity index (χ4v) is 3.60. The summed E-state index contributed by atoms with van der Waals surface area (Å²) in [6.07, 6.45) is 5.12. The lowest BCUT2D eigenvalue weighted by atomic mass is 9.98. The van der Waals surface area contributed by atoms with Gasteiger partial charge in [0.05, 0.1) is 6.26 Å². The minimum Gasteiger partial charge on any atom is -0.459 e. The van der Waals surface area contributed by atoms with Gasteiger partial charge < -0.3 is 18.9 Å². The van der Waals surface area contributed by atoms with Crippen LogP contribution in [0.1, 0.15) is 44.4 Å². The lowest BCUT2D eigenvalue weighted by Gasteiger charge is -2.19. The van der Waals surface area contributed by atoms with Crippen molar-refractivity contribution in [2.75, 3.05) is 6.54 Å². The van der Waals surface area contributed by atoms with E-state index in [2.05, 4.69) is 15.5 Å². The highest BCUT2D eigenvalue weighted by atomic mass is 16.5. The van der Waals surface area contributed by atoms with Gasteiger partial charge in [0.2, 0.25) is 0 Å². The van der Waals surface area contributed by atoms with Crippen molar-refractivity contribution in [1.82, 2.24) is 20.4 Å². The summed E-state index contributed by atoms with van der Waals surface area (Å²) in [6, 6.07) is 2.99. The fourth-order valence-electron chi connectivity index (χ4n) is 3.60. The molecule has 1 aliphatic carbocycles. The number of imide groups is 1. The summed E-state index contributed by atoms with van der Waals surface area (Å²) in [7, 11) is 0. The molecule has 28 heavy (non-hydrogen) atoms. The maximum Gasteiger partial charge on any atom is 0.325 e. The van der Waals surface area contributed by atoms with Crippen molar-refractivity contribution in [3.05, 3.63) is 24.3 Å². The number of carbonyl (C=O) groups is 3. The van der Waals surface area contributed by atoms with Crippen molar-refractivity contribution in [2.45, 2.75) is 50.7 Å². The third kappa shape index (κ3) is 3.49. The van der Waals surface area contributed by atoms with Gasteiger partial charge in [-0.25, -0.2) is 4.79 Å². The molecule has 0 radical (unpaired) electrons. The number of hydrogen-bond donors (Lipinski definition) is 1. The maximum absolute atomic E-state index is 12.5. The van der Waals surface area contributed by atoms with Crippen LogP contribution in [0.5, 0.6) is 0 Å². The Morgan fingerprint density at radius 1 is 1.29 bits per heavy atom. The van der Waals surface area contributed by atoms with Gasteiger partial charge in [-0.1, -0.05) is 12.8 Å². The van der Waals surface area contributed by atoms with Crippen LogP contribution in [0.25, 0.3) is 11.7 Å². The fraction of sp³-hybridized carbons (Fsp3) is 0.500. The average Bonchev–Trinajstić information content (AvgIpc) is 3.46. The predicted octanol–water partition coefficient (Wildman–Crippen LogP) is 2.02. The minimum atomic E-state index is -0.721. The van der Waals surface area contributed by atoms with Crippen LogP contribution < -0.4 is 5.32 Å². The molecule has 1 aliphatic heterocycles. The third-order valence-electron chi connectivity index (χ3n) is 5.02. The van der Waals surface area contributed by atoms with Crippen molar-refractivity contribution >= 4 is 17.9 Å². The number of carbonyl (C=O) groups excluding carboxylic acids is 3. The molecule has 1 spiro atoms. The number of rotatable bonds is 7. The van der Waals surface area contributed by atoms with E-state index in [1.54, 1.807) is 12.1 Å². The first-order valence-corrected chi connectivity index (χ1v) is 9.23. The van der Waals surface area contributed by atoms with Crippen LogP contribution in [0.2, 0.25) is 0 Å². The highest BCUT2D eigenvalue weighted by Crippen LogP contribution is 2.35. The largest absolute Gasteiger partial charge is 0.459 e. The van der Waals surface area contributed by atoms with Gasteiger partial charge in [0.15, 0.2) is 12.4 Å². The molecular formula is C18H20N4O6. The molecule has 0 atom stereocenters. The van der Waals surface area contributed by atoms with E-state index in [1.165, 1.54) is 11.2 Å².